The summed E-state index contributed by atoms with van der Waals surface area (Å²) in [6.45, 7) is 12.8. The molecule has 0 aliphatic carbocycles. The molecular formula is C26H38N6O3. The van der Waals surface area contributed by atoms with Gasteiger partial charge in [0.1, 0.15) is 5.75 Å². The molecule has 1 aromatic carbocycles. The van der Waals surface area contributed by atoms with Gasteiger partial charge in [-0.2, -0.15) is 0 Å². The topological polar surface area (TPSA) is 98.2 Å². The molecule has 9 heteroatoms. The van der Waals surface area contributed by atoms with E-state index in [1.165, 1.54) is 0 Å². The van der Waals surface area contributed by atoms with Gasteiger partial charge in [0.25, 0.3) is 5.56 Å². The van der Waals surface area contributed by atoms with Gasteiger partial charge >= 0.3 is 0 Å². The number of H-pyrrole nitrogens is 1. The molecule has 1 N–H and O–H groups in total. The highest BCUT2D eigenvalue weighted by atomic mass is 16.5. The number of hydrogen-bond acceptors (Lipinski definition) is 7. The first-order valence-electron chi connectivity index (χ1n) is 12.6. The number of nitrogens with zero attached hydrogens (tertiary/aromatic N) is 5. The maximum absolute atomic E-state index is 13.1. The summed E-state index contributed by atoms with van der Waals surface area (Å²) in [6, 6.07) is 7.56. The molecule has 0 unspecified atom stereocenters. The number of tetrazole rings is 1. The first-order valence-corrected chi connectivity index (χ1v) is 12.6. The van der Waals surface area contributed by atoms with Crippen LogP contribution in [0.1, 0.15) is 71.3 Å². The molecule has 0 amide bonds. The van der Waals surface area contributed by atoms with Crippen molar-refractivity contribution < 1.29 is 9.47 Å². The van der Waals surface area contributed by atoms with Crippen LogP contribution in [0, 0.1) is 5.92 Å². The Bertz CT molecular complexity index is 1200. The Balaban J connectivity index is 1.76. The van der Waals surface area contributed by atoms with E-state index in [0.29, 0.717) is 18.7 Å². The van der Waals surface area contributed by atoms with Crippen molar-refractivity contribution in [2.45, 2.75) is 78.1 Å². The number of aromatic nitrogens is 5. The molecule has 3 heterocycles. The maximum atomic E-state index is 13.1. The van der Waals surface area contributed by atoms with E-state index in [1.54, 1.807) is 7.11 Å². The highest BCUT2D eigenvalue weighted by Crippen LogP contribution is 2.33. The molecule has 0 bridgehead atoms. The number of pyridine rings is 1. The summed E-state index contributed by atoms with van der Waals surface area (Å²) < 4.78 is 13.4. The van der Waals surface area contributed by atoms with Crippen LogP contribution in [-0.4, -0.2) is 56.5 Å². The molecule has 1 aliphatic rings. The zero-order valence-corrected chi connectivity index (χ0v) is 21.7. The fraction of sp³-hybridized carbons (Fsp3) is 0.615. The van der Waals surface area contributed by atoms with Crippen molar-refractivity contribution in [3.05, 3.63) is 46.0 Å². The van der Waals surface area contributed by atoms with E-state index in [-0.39, 0.29) is 29.2 Å². The zero-order chi connectivity index (χ0) is 25.2. The average Bonchev–Trinajstić information content (AvgIpc) is 3.52. The molecular weight excluding hydrogens is 444 g/mol. The quantitative estimate of drug-likeness (QED) is 0.465. The number of fused-ring (bicyclic) bond motifs is 1. The lowest BCUT2D eigenvalue weighted by Crippen LogP contribution is -2.41. The van der Waals surface area contributed by atoms with E-state index in [2.05, 4.69) is 60.0 Å². The number of nitrogens with one attached hydrogen (secondary N) is 1. The number of benzene rings is 1. The summed E-state index contributed by atoms with van der Waals surface area (Å²) in [5, 5.41) is 13.9. The average molecular weight is 483 g/mol. The largest absolute Gasteiger partial charge is 0.497 e. The highest BCUT2D eigenvalue weighted by molar-refractivity contribution is 5.80. The first kappa shape index (κ1) is 25.3. The minimum atomic E-state index is -0.224. The first-order chi connectivity index (χ1) is 16.7. The number of rotatable bonds is 10. The van der Waals surface area contributed by atoms with Crippen molar-refractivity contribution in [2.24, 2.45) is 5.92 Å². The lowest BCUT2D eigenvalue weighted by Gasteiger charge is -2.36. The van der Waals surface area contributed by atoms with Gasteiger partial charge in [0, 0.05) is 36.2 Å². The van der Waals surface area contributed by atoms with Crippen molar-refractivity contribution in [1.29, 1.82) is 0 Å². The van der Waals surface area contributed by atoms with E-state index in [0.717, 1.165) is 48.3 Å². The number of hydrogen-bond donors (Lipinski definition) is 1. The Hall–Kier alpha value is -2.78. The smallest absolute Gasteiger partial charge is 0.252 e. The van der Waals surface area contributed by atoms with Gasteiger partial charge in [0.2, 0.25) is 0 Å². The predicted octanol–water partition coefficient (Wildman–Crippen LogP) is 4.05. The Morgan fingerprint density at radius 1 is 1.31 bits per heavy atom. The standard InChI is InChI=1S/C26H38N6O3/c1-7-26(4,5)32-24(28-29-30-32)23(17(2)3)31(16-21-9-8-12-35-21)15-19-13-18-14-20(34-6)10-11-22(18)27-25(19)33/h10-11,13-14,17,21,23H,7-9,12,15-16H2,1-6H3,(H,27,33)/t21-,23-/m0/s1. The number of aromatic amines is 1. The molecule has 1 saturated heterocycles. The SMILES string of the molecule is CCC(C)(C)n1nnnc1[C@H](C(C)C)N(Cc1cc2cc(OC)ccc2[nH]c1=O)C[C@@H]1CCCO1. The summed E-state index contributed by atoms with van der Waals surface area (Å²) in [5.74, 6) is 1.80. The fourth-order valence-electron chi connectivity index (χ4n) is 4.86. The van der Waals surface area contributed by atoms with Crippen molar-refractivity contribution in [3.8, 4) is 5.75 Å². The van der Waals surface area contributed by atoms with Crippen LogP contribution in [0.15, 0.2) is 29.1 Å². The van der Waals surface area contributed by atoms with Crippen LogP contribution in [0.4, 0.5) is 0 Å². The van der Waals surface area contributed by atoms with Crippen LogP contribution in [0.5, 0.6) is 5.75 Å². The molecule has 9 nitrogen and oxygen atoms in total. The van der Waals surface area contributed by atoms with E-state index in [4.69, 9.17) is 9.47 Å². The Morgan fingerprint density at radius 3 is 2.77 bits per heavy atom. The lowest BCUT2D eigenvalue weighted by atomic mass is 9.97. The van der Waals surface area contributed by atoms with Gasteiger partial charge in [-0.3, -0.25) is 9.69 Å². The van der Waals surface area contributed by atoms with E-state index < -0.39 is 0 Å². The van der Waals surface area contributed by atoms with Crippen LogP contribution >= 0.6 is 0 Å². The second-order valence-corrected chi connectivity index (χ2v) is 10.4. The zero-order valence-electron chi connectivity index (χ0n) is 21.7. The molecule has 0 spiro atoms. The summed E-state index contributed by atoms with van der Waals surface area (Å²) in [6.07, 6.45) is 3.09. The molecule has 2 aromatic heterocycles. The normalized spacial score (nSPS) is 17.5. The summed E-state index contributed by atoms with van der Waals surface area (Å²) in [4.78, 5) is 18.5. The third-order valence-corrected chi connectivity index (χ3v) is 7.19. The van der Waals surface area contributed by atoms with Crippen molar-refractivity contribution in [3.63, 3.8) is 0 Å². The second-order valence-electron chi connectivity index (χ2n) is 10.4. The molecule has 1 aliphatic heterocycles. The summed E-state index contributed by atoms with van der Waals surface area (Å²) in [5.41, 5.74) is 1.18. The Kier molecular flexibility index (Phi) is 7.56. The summed E-state index contributed by atoms with van der Waals surface area (Å²) in [7, 11) is 1.65. The molecule has 0 saturated carbocycles. The Labute approximate surface area is 206 Å². The van der Waals surface area contributed by atoms with Gasteiger partial charge in [-0.05, 0) is 73.7 Å². The van der Waals surface area contributed by atoms with Crippen LogP contribution < -0.4 is 10.3 Å². The maximum Gasteiger partial charge on any atom is 0.252 e. The molecule has 4 rings (SSSR count). The minimum absolute atomic E-state index is 0.0829. The molecule has 1 fully saturated rings. The van der Waals surface area contributed by atoms with Crippen LogP contribution in [0.3, 0.4) is 0 Å². The van der Waals surface area contributed by atoms with Crippen molar-refractivity contribution in [1.82, 2.24) is 30.1 Å². The van der Waals surface area contributed by atoms with E-state index in [1.807, 2.05) is 28.9 Å². The van der Waals surface area contributed by atoms with Gasteiger partial charge in [0.15, 0.2) is 5.82 Å². The summed E-state index contributed by atoms with van der Waals surface area (Å²) >= 11 is 0. The highest BCUT2D eigenvalue weighted by Gasteiger charge is 2.35. The van der Waals surface area contributed by atoms with Crippen LogP contribution in [0.2, 0.25) is 0 Å². The van der Waals surface area contributed by atoms with Gasteiger partial charge in [-0.15, -0.1) is 5.10 Å². The minimum Gasteiger partial charge on any atom is -0.497 e. The predicted molar refractivity (Wildman–Crippen MR) is 136 cm³/mol. The van der Waals surface area contributed by atoms with Crippen LogP contribution in [-0.2, 0) is 16.8 Å². The van der Waals surface area contributed by atoms with Crippen molar-refractivity contribution >= 4 is 10.9 Å². The van der Waals surface area contributed by atoms with Gasteiger partial charge < -0.3 is 14.5 Å². The molecule has 3 aromatic rings. The third-order valence-electron chi connectivity index (χ3n) is 7.19. The molecule has 35 heavy (non-hydrogen) atoms. The van der Waals surface area contributed by atoms with Gasteiger partial charge in [-0.1, -0.05) is 20.8 Å². The molecule has 2 atom stereocenters. The van der Waals surface area contributed by atoms with Crippen LogP contribution in [0.25, 0.3) is 10.9 Å². The second kappa shape index (κ2) is 10.5. The van der Waals surface area contributed by atoms with Gasteiger partial charge in [0.05, 0.1) is 24.8 Å². The number of methoxy groups -OCH3 is 1. The lowest BCUT2D eigenvalue weighted by molar-refractivity contribution is 0.0368. The Morgan fingerprint density at radius 2 is 2.11 bits per heavy atom. The third kappa shape index (κ3) is 5.41. The number of ether oxygens (including phenoxy) is 2. The van der Waals surface area contributed by atoms with E-state index in [9.17, 15) is 4.79 Å². The molecule has 190 valence electrons. The fourth-order valence-corrected chi connectivity index (χ4v) is 4.86. The monoisotopic (exact) mass is 482 g/mol. The van der Waals surface area contributed by atoms with E-state index >= 15 is 0 Å². The molecule has 0 radical (unpaired) electrons. The van der Waals surface area contributed by atoms with Gasteiger partial charge in [-0.25, -0.2) is 4.68 Å². The van der Waals surface area contributed by atoms with Crippen molar-refractivity contribution in [2.75, 3.05) is 20.3 Å².